The molecule has 0 bridgehead atoms. The van der Waals surface area contributed by atoms with Crippen molar-refractivity contribution in [1.82, 2.24) is 27.4 Å². The van der Waals surface area contributed by atoms with Crippen LogP contribution in [0.1, 0.15) is 19.3 Å². The van der Waals surface area contributed by atoms with Crippen LogP contribution < -0.4 is 34.1 Å². The lowest BCUT2D eigenvalue weighted by Gasteiger charge is -2.13. The summed E-state index contributed by atoms with van der Waals surface area (Å²) in [6, 6.07) is 0. The maximum absolute atomic E-state index is 12.7. The predicted octanol–water partition coefficient (Wildman–Crippen LogP) is -0.729. The minimum atomic E-state index is -0.736. The number of unbranched alkanes of at least 4 members (excludes halogenated alkanes) is 2. The van der Waals surface area contributed by atoms with Crippen molar-refractivity contribution in [1.29, 1.82) is 0 Å². The lowest BCUT2D eigenvalue weighted by molar-refractivity contribution is 0.436. The van der Waals surface area contributed by atoms with E-state index in [1.807, 2.05) is 0 Å². The normalized spacial score (nSPS) is 10.7. The van der Waals surface area contributed by atoms with Gasteiger partial charge in [-0.3, -0.25) is 0 Å². The SMILES string of the molecule is C=CCn1c(=O)n(CC=C)c(=O)n(CCCCCn2c(=O)n(CC=C)c(=O)n(CC=C)c2=O)c1=O. The van der Waals surface area contributed by atoms with Crippen molar-refractivity contribution >= 4 is 0 Å². The zero-order valence-electron chi connectivity index (χ0n) is 19.6. The Balaban J connectivity index is 2.25. The Bertz CT molecular complexity index is 1270. The molecule has 0 aliphatic heterocycles. The number of hydrogen-bond donors (Lipinski definition) is 0. The Morgan fingerprint density at radius 1 is 0.400 bits per heavy atom. The molecule has 0 atom stereocenters. The average Bonchev–Trinajstić information content (AvgIpc) is 2.83. The summed E-state index contributed by atoms with van der Waals surface area (Å²) >= 11 is 0. The lowest BCUT2D eigenvalue weighted by atomic mass is 10.2. The van der Waals surface area contributed by atoms with Gasteiger partial charge in [-0.05, 0) is 19.3 Å². The van der Waals surface area contributed by atoms with E-state index in [1.165, 1.54) is 24.3 Å². The number of hydrogen-bond acceptors (Lipinski definition) is 6. The van der Waals surface area contributed by atoms with E-state index in [9.17, 15) is 28.8 Å². The van der Waals surface area contributed by atoms with Crippen molar-refractivity contribution in [3.05, 3.63) is 114 Å². The molecule has 0 fully saturated rings. The van der Waals surface area contributed by atoms with Gasteiger partial charge in [-0.25, -0.2) is 56.2 Å². The third-order valence-corrected chi connectivity index (χ3v) is 5.28. The third kappa shape index (κ3) is 5.65. The van der Waals surface area contributed by atoms with Crippen molar-refractivity contribution in [2.75, 3.05) is 0 Å². The van der Waals surface area contributed by atoms with Gasteiger partial charge in [-0.1, -0.05) is 24.3 Å². The lowest BCUT2D eigenvalue weighted by Crippen LogP contribution is -2.54. The van der Waals surface area contributed by atoms with Gasteiger partial charge < -0.3 is 0 Å². The van der Waals surface area contributed by atoms with Crippen LogP contribution in [0.5, 0.6) is 0 Å². The van der Waals surface area contributed by atoms with Crippen LogP contribution in [0.3, 0.4) is 0 Å². The molecule has 0 aliphatic rings. The number of nitrogens with zero attached hydrogens (tertiary/aromatic N) is 6. The van der Waals surface area contributed by atoms with E-state index in [1.54, 1.807) is 0 Å². The highest BCUT2D eigenvalue weighted by atomic mass is 16.2. The van der Waals surface area contributed by atoms with Gasteiger partial charge >= 0.3 is 34.1 Å². The van der Waals surface area contributed by atoms with Gasteiger partial charge in [0.15, 0.2) is 0 Å². The zero-order valence-corrected chi connectivity index (χ0v) is 19.6. The standard InChI is InChI=1S/C23H30N6O6/c1-5-12-24-18(30)25(13-6-2)21(33)28(20(24)32)16-10-9-11-17-29-22(34)26(14-7-3)19(31)27(15-8-4)23(29)35/h5-8H,1-4,9-17H2. The van der Waals surface area contributed by atoms with Crippen molar-refractivity contribution in [3.63, 3.8) is 0 Å². The van der Waals surface area contributed by atoms with Crippen LogP contribution >= 0.6 is 0 Å². The summed E-state index contributed by atoms with van der Waals surface area (Å²) in [5.74, 6) is 0. The van der Waals surface area contributed by atoms with Crippen LogP contribution in [0, 0.1) is 0 Å². The fourth-order valence-corrected chi connectivity index (χ4v) is 3.61. The second-order valence-electron chi connectivity index (χ2n) is 7.66. The van der Waals surface area contributed by atoms with Crippen LogP contribution in [0.25, 0.3) is 0 Å². The van der Waals surface area contributed by atoms with Crippen LogP contribution in [0.4, 0.5) is 0 Å². The minimum Gasteiger partial charge on any atom is -0.247 e. The molecule has 12 nitrogen and oxygen atoms in total. The van der Waals surface area contributed by atoms with Gasteiger partial charge in [0.1, 0.15) is 0 Å². The smallest absolute Gasteiger partial charge is 0.247 e. The minimum absolute atomic E-state index is 0.0395. The molecule has 35 heavy (non-hydrogen) atoms. The van der Waals surface area contributed by atoms with Crippen molar-refractivity contribution in [3.8, 4) is 0 Å². The summed E-state index contributed by atoms with van der Waals surface area (Å²) in [6.07, 6.45) is 6.75. The van der Waals surface area contributed by atoms with E-state index in [0.717, 1.165) is 27.4 Å². The summed E-state index contributed by atoms with van der Waals surface area (Å²) in [5.41, 5.74) is -4.41. The van der Waals surface area contributed by atoms with Crippen LogP contribution in [-0.2, 0) is 39.3 Å². The van der Waals surface area contributed by atoms with Crippen LogP contribution in [0.2, 0.25) is 0 Å². The van der Waals surface area contributed by atoms with Crippen LogP contribution in [0.15, 0.2) is 79.4 Å². The fraction of sp³-hybridized carbons (Fsp3) is 0.391. The van der Waals surface area contributed by atoms with Gasteiger partial charge in [0.05, 0.1) is 26.2 Å². The van der Waals surface area contributed by atoms with Gasteiger partial charge in [0.2, 0.25) is 0 Å². The summed E-state index contributed by atoms with van der Waals surface area (Å²) in [6.45, 7) is 14.0. The molecular formula is C23H30N6O6. The molecule has 2 heterocycles. The number of allylic oxidation sites excluding steroid dienone is 4. The first-order chi connectivity index (χ1) is 16.7. The van der Waals surface area contributed by atoms with E-state index in [-0.39, 0.29) is 39.3 Å². The molecule has 0 saturated carbocycles. The Morgan fingerprint density at radius 2 is 0.629 bits per heavy atom. The third-order valence-electron chi connectivity index (χ3n) is 5.28. The molecule has 0 amide bonds. The Kier molecular flexibility index (Phi) is 9.50. The van der Waals surface area contributed by atoms with E-state index < -0.39 is 34.1 Å². The molecule has 12 heteroatoms. The Labute approximate surface area is 199 Å². The van der Waals surface area contributed by atoms with Crippen LogP contribution in [-0.4, -0.2) is 27.4 Å². The summed E-state index contributed by atoms with van der Waals surface area (Å²) in [7, 11) is 0. The van der Waals surface area contributed by atoms with E-state index in [2.05, 4.69) is 26.3 Å². The fourth-order valence-electron chi connectivity index (χ4n) is 3.61. The quantitative estimate of drug-likeness (QED) is 0.256. The predicted molar refractivity (Wildman–Crippen MR) is 133 cm³/mol. The first kappa shape index (κ1) is 27.0. The molecule has 188 valence electrons. The van der Waals surface area contributed by atoms with Gasteiger partial charge in [-0.2, -0.15) is 0 Å². The Hall–Kier alpha value is -4.22. The molecule has 0 unspecified atom stereocenters. The number of aromatic nitrogens is 6. The first-order valence-corrected chi connectivity index (χ1v) is 11.1. The zero-order chi connectivity index (χ0) is 26.1. The highest BCUT2D eigenvalue weighted by molar-refractivity contribution is 4.86. The van der Waals surface area contributed by atoms with E-state index >= 15 is 0 Å². The van der Waals surface area contributed by atoms with Crippen molar-refractivity contribution in [2.24, 2.45) is 0 Å². The molecule has 0 radical (unpaired) electrons. The monoisotopic (exact) mass is 486 g/mol. The molecule has 2 aromatic heterocycles. The van der Waals surface area contributed by atoms with Crippen molar-refractivity contribution in [2.45, 2.75) is 58.5 Å². The summed E-state index contributed by atoms with van der Waals surface area (Å²) in [4.78, 5) is 75.5. The highest BCUT2D eigenvalue weighted by Gasteiger charge is 2.15. The topological polar surface area (TPSA) is 132 Å². The first-order valence-electron chi connectivity index (χ1n) is 11.1. The van der Waals surface area contributed by atoms with Gasteiger partial charge in [0, 0.05) is 13.1 Å². The van der Waals surface area contributed by atoms with E-state index in [4.69, 9.17) is 0 Å². The molecule has 0 spiro atoms. The molecule has 0 aromatic carbocycles. The highest BCUT2D eigenvalue weighted by Crippen LogP contribution is 1.98. The molecule has 2 rings (SSSR count). The second kappa shape index (κ2) is 12.3. The molecule has 0 saturated heterocycles. The second-order valence-corrected chi connectivity index (χ2v) is 7.66. The average molecular weight is 487 g/mol. The molecule has 2 aromatic rings. The molecule has 0 aliphatic carbocycles. The largest absolute Gasteiger partial charge is 0.336 e. The summed E-state index contributed by atoms with van der Waals surface area (Å²) in [5, 5.41) is 0. The maximum Gasteiger partial charge on any atom is 0.336 e. The summed E-state index contributed by atoms with van der Waals surface area (Å²) < 4.78 is 5.62. The molecule has 0 N–H and O–H groups in total. The van der Waals surface area contributed by atoms with E-state index in [0.29, 0.717) is 19.3 Å². The van der Waals surface area contributed by atoms with Gasteiger partial charge in [0.25, 0.3) is 0 Å². The molecular weight excluding hydrogens is 456 g/mol. The van der Waals surface area contributed by atoms with Crippen molar-refractivity contribution < 1.29 is 0 Å². The van der Waals surface area contributed by atoms with Gasteiger partial charge in [-0.15, -0.1) is 26.3 Å². The Morgan fingerprint density at radius 3 is 0.857 bits per heavy atom. The number of rotatable bonds is 14. The maximum atomic E-state index is 12.7.